The van der Waals surface area contributed by atoms with Crippen LogP contribution in [0.5, 0.6) is 0 Å². The van der Waals surface area contributed by atoms with Crippen molar-refractivity contribution < 1.29 is 0 Å². The standard InChI is InChI=1S/C20H12Br2N4/c21-14-5-1-12(2-6-14)17-16(9-23)19(26)20(10-24,11-25)18(17)13-3-7-15(22)8-4-13/h1-8,17-18H,26H2/t17-,18-/m1/s1. The smallest absolute Gasteiger partial charge is 0.191 e. The molecular weight excluding hydrogens is 456 g/mol. The molecule has 1 aliphatic carbocycles. The molecule has 0 unspecified atom stereocenters. The number of benzene rings is 2. The zero-order valence-corrected chi connectivity index (χ0v) is 16.6. The molecule has 0 amide bonds. The van der Waals surface area contributed by atoms with Crippen LogP contribution in [0.1, 0.15) is 23.0 Å². The Kier molecular flexibility index (Phi) is 4.88. The van der Waals surface area contributed by atoms with Gasteiger partial charge in [0.1, 0.15) is 0 Å². The molecule has 2 aromatic carbocycles. The van der Waals surface area contributed by atoms with Gasteiger partial charge in [0.2, 0.25) is 0 Å². The highest BCUT2D eigenvalue weighted by Crippen LogP contribution is 2.57. The Morgan fingerprint density at radius 3 is 1.69 bits per heavy atom. The van der Waals surface area contributed by atoms with Crippen molar-refractivity contribution in [1.29, 1.82) is 15.8 Å². The van der Waals surface area contributed by atoms with E-state index in [0.29, 0.717) is 0 Å². The molecule has 6 heteroatoms. The lowest BCUT2D eigenvalue weighted by atomic mass is 9.70. The molecule has 0 heterocycles. The third-order valence-corrected chi connectivity index (χ3v) is 5.81. The van der Waals surface area contributed by atoms with E-state index in [9.17, 15) is 15.8 Å². The number of halogens is 2. The van der Waals surface area contributed by atoms with Crippen LogP contribution in [0.3, 0.4) is 0 Å². The van der Waals surface area contributed by atoms with Gasteiger partial charge in [0.05, 0.1) is 29.5 Å². The Balaban J connectivity index is 2.29. The molecule has 26 heavy (non-hydrogen) atoms. The second-order valence-electron chi connectivity index (χ2n) is 6.03. The fourth-order valence-electron chi connectivity index (χ4n) is 3.52. The van der Waals surface area contributed by atoms with Gasteiger partial charge in [-0.15, -0.1) is 0 Å². The van der Waals surface area contributed by atoms with E-state index >= 15 is 0 Å². The van der Waals surface area contributed by atoms with Gasteiger partial charge in [-0.05, 0) is 35.4 Å². The summed E-state index contributed by atoms with van der Waals surface area (Å²) in [5.41, 5.74) is 6.57. The molecule has 2 aromatic rings. The van der Waals surface area contributed by atoms with Crippen LogP contribution in [0.15, 0.2) is 68.7 Å². The molecule has 2 N–H and O–H groups in total. The van der Waals surface area contributed by atoms with Crippen molar-refractivity contribution in [1.82, 2.24) is 0 Å². The number of hydrogen-bond donors (Lipinski definition) is 1. The summed E-state index contributed by atoms with van der Waals surface area (Å²) in [6, 6.07) is 21.3. The molecule has 3 rings (SSSR count). The minimum absolute atomic E-state index is 0.0471. The molecular formula is C20H12Br2N4. The van der Waals surface area contributed by atoms with Crippen LogP contribution < -0.4 is 5.73 Å². The highest BCUT2D eigenvalue weighted by Gasteiger charge is 2.55. The van der Waals surface area contributed by atoms with Crippen LogP contribution in [0.25, 0.3) is 0 Å². The van der Waals surface area contributed by atoms with Gasteiger partial charge >= 0.3 is 0 Å². The number of hydrogen-bond acceptors (Lipinski definition) is 4. The van der Waals surface area contributed by atoms with Crippen LogP contribution in [-0.4, -0.2) is 0 Å². The zero-order valence-electron chi connectivity index (χ0n) is 13.4. The van der Waals surface area contributed by atoms with Gasteiger partial charge in [0.25, 0.3) is 0 Å². The van der Waals surface area contributed by atoms with Gasteiger partial charge in [-0.2, -0.15) is 15.8 Å². The third kappa shape index (κ3) is 2.71. The molecule has 4 nitrogen and oxygen atoms in total. The predicted octanol–water partition coefficient (Wildman–Crippen LogP) is 4.86. The lowest BCUT2D eigenvalue weighted by Crippen LogP contribution is -2.29. The largest absolute Gasteiger partial charge is 0.399 e. The van der Waals surface area contributed by atoms with E-state index in [4.69, 9.17) is 5.73 Å². The van der Waals surface area contributed by atoms with Crippen LogP contribution in [0.4, 0.5) is 0 Å². The van der Waals surface area contributed by atoms with Crippen molar-refractivity contribution in [3.8, 4) is 18.2 Å². The number of rotatable bonds is 2. The molecule has 2 atom stereocenters. The van der Waals surface area contributed by atoms with Crippen molar-refractivity contribution in [3.05, 3.63) is 79.9 Å². The monoisotopic (exact) mass is 466 g/mol. The van der Waals surface area contributed by atoms with E-state index in [-0.39, 0.29) is 11.3 Å². The van der Waals surface area contributed by atoms with E-state index in [1.807, 2.05) is 48.5 Å². The van der Waals surface area contributed by atoms with Crippen molar-refractivity contribution in [2.75, 3.05) is 0 Å². The first-order chi connectivity index (χ1) is 12.5. The Hall–Kier alpha value is -2.59. The van der Waals surface area contributed by atoms with E-state index in [1.54, 1.807) is 0 Å². The van der Waals surface area contributed by atoms with Gasteiger partial charge in [0.15, 0.2) is 5.41 Å². The fourth-order valence-corrected chi connectivity index (χ4v) is 4.05. The molecule has 0 saturated heterocycles. The summed E-state index contributed by atoms with van der Waals surface area (Å²) < 4.78 is 1.79. The topological polar surface area (TPSA) is 97.4 Å². The van der Waals surface area contributed by atoms with Crippen LogP contribution in [0, 0.1) is 39.4 Å². The Labute approximate surface area is 168 Å². The summed E-state index contributed by atoms with van der Waals surface area (Å²) in [4.78, 5) is 0. The molecule has 0 bridgehead atoms. The quantitative estimate of drug-likeness (QED) is 0.681. The van der Waals surface area contributed by atoms with Crippen LogP contribution >= 0.6 is 31.9 Å². The average molecular weight is 468 g/mol. The molecule has 0 aromatic heterocycles. The van der Waals surface area contributed by atoms with E-state index in [1.165, 1.54) is 0 Å². The lowest BCUT2D eigenvalue weighted by molar-refractivity contribution is 0.475. The van der Waals surface area contributed by atoms with Gasteiger partial charge < -0.3 is 5.73 Å². The first-order valence-electron chi connectivity index (χ1n) is 7.72. The SMILES string of the molecule is N#CC1=C(N)C(C#N)(C#N)[C@H](c2ccc(Br)cc2)[C@@H]1c1ccc(Br)cc1. The van der Waals surface area contributed by atoms with Crippen molar-refractivity contribution in [3.63, 3.8) is 0 Å². The Morgan fingerprint density at radius 2 is 1.27 bits per heavy atom. The van der Waals surface area contributed by atoms with Crippen LogP contribution in [-0.2, 0) is 0 Å². The van der Waals surface area contributed by atoms with E-state index in [2.05, 4.69) is 50.1 Å². The zero-order chi connectivity index (χ0) is 18.9. The number of nitrogens with two attached hydrogens (primary N) is 1. The van der Waals surface area contributed by atoms with Crippen molar-refractivity contribution in [2.24, 2.45) is 11.1 Å². The van der Waals surface area contributed by atoms with Crippen molar-refractivity contribution >= 4 is 31.9 Å². The summed E-state index contributed by atoms with van der Waals surface area (Å²) in [5, 5.41) is 29.5. The van der Waals surface area contributed by atoms with Gasteiger partial charge in [0, 0.05) is 20.8 Å². The van der Waals surface area contributed by atoms with Gasteiger partial charge in [-0.3, -0.25) is 0 Å². The number of nitrogens with zero attached hydrogens (tertiary/aromatic N) is 3. The maximum absolute atomic E-state index is 9.88. The van der Waals surface area contributed by atoms with Crippen LogP contribution in [0.2, 0.25) is 0 Å². The summed E-state index contributed by atoms with van der Waals surface area (Å²) in [7, 11) is 0. The fraction of sp³-hybridized carbons (Fsp3) is 0.150. The Bertz CT molecular complexity index is 988. The Morgan fingerprint density at radius 1 is 0.808 bits per heavy atom. The summed E-state index contributed by atoms with van der Waals surface area (Å²) in [6.07, 6.45) is 0. The number of allylic oxidation sites excluding steroid dienone is 2. The molecule has 0 aliphatic heterocycles. The molecule has 126 valence electrons. The molecule has 0 fully saturated rings. The minimum Gasteiger partial charge on any atom is -0.399 e. The van der Waals surface area contributed by atoms with Crippen molar-refractivity contribution in [2.45, 2.75) is 11.8 Å². The summed E-state index contributed by atoms with van der Waals surface area (Å²) in [5.74, 6) is -1.03. The second kappa shape index (κ2) is 6.96. The highest BCUT2D eigenvalue weighted by atomic mass is 79.9. The average Bonchev–Trinajstić information content (AvgIpc) is 2.91. The first-order valence-corrected chi connectivity index (χ1v) is 9.30. The predicted molar refractivity (Wildman–Crippen MR) is 104 cm³/mol. The molecule has 0 radical (unpaired) electrons. The first kappa shape index (κ1) is 18.2. The molecule has 1 aliphatic rings. The summed E-state index contributed by atoms with van der Waals surface area (Å²) in [6.45, 7) is 0. The minimum atomic E-state index is -1.59. The molecule has 0 spiro atoms. The normalized spacial score (nSPS) is 20.9. The summed E-state index contributed by atoms with van der Waals surface area (Å²) >= 11 is 6.80. The third-order valence-electron chi connectivity index (χ3n) is 4.76. The van der Waals surface area contributed by atoms with Gasteiger partial charge in [-0.25, -0.2) is 0 Å². The number of nitriles is 3. The lowest BCUT2D eigenvalue weighted by Gasteiger charge is -2.28. The van der Waals surface area contributed by atoms with Gasteiger partial charge in [-0.1, -0.05) is 56.1 Å². The maximum atomic E-state index is 9.88. The van der Waals surface area contributed by atoms with E-state index in [0.717, 1.165) is 20.1 Å². The molecule has 0 saturated carbocycles. The maximum Gasteiger partial charge on any atom is 0.191 e. The van der Waals surface area contributed by atoms with E-state index < -0.39 is 17.3 Å². The highest BCUT2D eigenvalue weighted by molar-refractivity contribution is 9.10. The second-order valence-corrected chi connectivity index (χ2v) is 7.86.